The maximum Gasteiger partial charge on any atom is 0.341 e. The summed E-state index contributed by atoms with van der Waals surface area (Å²) in [6.45, 7) is 2.94. The number of rotatable bonds is 4. The molecule has 0 aliphatic carbocycles. The first-order chi connectivity index (χ1) is 11.3. The summed E-state index contributed by atoms with van der Waals surface area (Å²) in [4.78, 5) is 24.0. The number of carbonyl (C=O) groups is 2. The van der Waals surface area contributed by atoms with Gasteiger partial charge in [0.2, 0.25) is 0 Å². The third kappa shape index (κ3) is 4.38. The van der Waals surface area contributed by atoms with Crippen molar-refractivity contribution in [3.63, 3.8) is 0 Å². The highest BCUT2D eigenvalue weighted by atomic mass is 79.9. The molecule has 1 atom stereocenters. The van der Waals surface area contributed by atoms with Gasteiger partial charge in [-0.1, -0.05) is 22.0 Å². The Hall–Kier alpha value is -2.28. The number of ether oxygens (including phenoxy) is 1. The van der Waals surface area contributed by atoms with Crippen LogP contribution in [0.15, 0.2) is 40.9 Å². The van der Waals surface area contributed by atoms with Crippen LogP contribution in [0.4, 0.5) is 14.5 Å². The van der Waals surface area contributed by atoms with Crippen molar-refractivity contribution in [2.24, 2.45) is 0 Å². The summed E-state index contributed by atoms with van der Waals surface area (Å²) in [5.74, 6) is -2.83. The predicted molar refractivity (Wildman–Crippen MR) is 88.7 cm³/mol. The van der Waals surface area contributed by atoms with E-state index in [9.17, 15) is 18.4 Å². The average molecular weight is 398 g/mol. The summed E-state index contributed by atoms with van der Waals surface area (Å²) >= 11 is 3.13. The van der Waals surface area contributed by atoms with E-state index in [4.69, 9.17) is 4.74 Å². The second-order valence-electron chi connectivity index (χ2n) is 5.12. The molecule has 0 saturated heterocycles. The van der Waals surface area contributed by atoms with Gasteiger partial charge in [0.25, 0.3) is 5.91 Å². The fourth-order valence-electron chi connectivity index (χ4n) is 1.85. The summed E-state index contributed by atoms with van der Waals surface area (Å²) < 4.78 is 32.6. The molecule has 7 heteroatoms. The Morgan fingerprint density at radius 2 is 1.83 bits per heavy atom. The van der Waals surface area contributed by atoms with E-state index in [2.05, 4.69) is 21.2 Å². The van der Waals surface area contributed by atoms with Crippen molar-refractivity contribution in [2.45, 2.75) is 20.0 Å². The van der Waals surface area contributed by atoms with Crippen LogP contribution in [-0.2, 0) is 9.53 Å². The molecule has 0 spiro atoms. The number of halogens is 3. The molecule has 2 aromatic carbocycles. The fraction of sp³-hybridized carbons (Fsp3) is 0.176. The number of hydrogen-bond acceptors (Lipinski definition) is 3. The standard InChI is InChI=1S/C17H14BrF2NO3/c1-9-3-5-12(8-15(9)20)21-16(22)10(2)24-17(23)13-7-11(18)4-6-14(13)19/h3-8,10H,1-2H3,(H,21,22)/t10-/m1/s1. The molecule has 24 heavy (non-hydrogen) atoms. The molecule has 1 amide bonds. The van der Waals surface area contributed by atoms with E-state index in [1.54, 1.807) is 6.92 Å². The number of esters is 1. The van der Waals surface area contributed by atoms with Gasteiger partial charge in [-0.05, 0) is 49.7 Å². The predicted octanol–water partition coefficient (Wildman–Crippen LogP) is 4.22. The van der Waals surface area contributed by atoms with Crippen molar-refractivity contribution in [1.82, 2.24) is 0 Å². The molecule has 4 nitrogen and oxygen atoms in total. The highest BCUT2D eigenvalue weighted by Gasteiger charge is 2.21. The van der Waals surface area contributed by atoms with Gasteiger partial charge in [0.1, 0.15) is 11.6 Å². The summed E-state index contributed by atoms with van der Waals surface area (Å²) in [5, 5.41) is 2.43. The largest absolute Gasteiger partial charge is 0.449 e. The first-order valence-electron chi connectivity index (χ1n) is 7.01. The lowest BCUT2D eigenvalue weighted by Gasteiger charge is -2.14. The van der Waals surface area contributed by atoms with Crippen molar-refractivity contribution in [1.29, 1.82) is 0 Å². The SMILES string of the molecule is Cc1ccc(NC(=O)[C@@H](C)OC(=O)c2cc(Br)ccc2F)cc1F. The van der Waals surface area contributed by atoms with Crippen LogP contribution in [0.3, 0.4) is 0 Å². The number of amides is 1. The molecule has 126 valence electrons. The van der Waals surface area contributed by atoms with E-state index >= 15 is 0 Å². The topological polar surface area (TPSA) is 55.4 Å². The molecule has 1 N–H and O–H groups in total. The molecule has 0 bridgehead atoms. The second-order valence-corrected chi connectivity index (χ2v) is 6.04. The molecule has 2 aromatic rings. The number of anilines is 1. The van der Waals surface area contributed by atoms with Crippen molar-refractivity contribution in [3.05, 3.63) is 63.6 Å². The van der Waals surface area contributed by atoms with Gasteiger partial charge in [-0.2, -0.15) is 0 Å². The zero-order valence-corrected chi connectivity index (χ0v) is 14.5. The van der Waals surface area contributed by atoms with Gasteiger partial charge in [-0.15, -0.1) is 0 Å². The first-order valence-corrected chi connectivity index (χ1v) is 7.80. The molecular weight excluding hydrogens is 384 g/mol. The maximum atomic E-state index is 13.6. The lowest BCUT2D eigenvalue weighted by atomic mass is 10.2. The van der Waals surface area contributed by atoms with E-state index in [1.165, 1.54) is 31.2 Å². The molecule has 2 rings (SSSR count). The van der Waals surface area contributed by atoms with E-state index in [0.29, 0.717) is 10.0 Å². The molecule has 0 radical (unpaired) electrons. The zero-order chi connectivity index (χ0) is 17.9. The van der Waals surface area contributed by atoms with Crippen LogP contribution in [-0.4, -0.2) is 18.0 Å². The van der Waals surface area contributed by atoms with Gasteiger partial charge < -0.3 is 10.1 Å². The molecule has 0 saturated carbocycles. The van der Waals surface area contributed by atoms with Gasteiger partial charge in [-0.3, -0.25) is 4.79 Å². The first kappa shape index (κ1) is 18.1. The quantitative estimate of drug-likeness (QED) is 0.785. The Labute approximate surface area is 145 Å². The van der Waals surface area contributed by atoms with Crippen LogP contribution in [0.1, 0.15) is 22.8 Å². The minimum atomic E-state index is -1.18. The van der Waals surface area contributed by atoms with Gasteiger partial charge in [-0.25, -0.2) is 13.6 Å². The van der Waals surface area contributed by atoms with Crippen LogP contribution >= 0.6 is 15.9 Å². The van der Waals surface area contributed by atoms with Gasteiger partial charge in [0.05, 0.1) is 5.56 Å². The fourth-order valence-corrected chi connectivity index (χ4v) is 2.21. The van der Waals surface area contributed by atoms with Crippen LogP contribution in [0, 0.1) is 18.6 Å². The minimum Gasteiger partial charge on any atom is -0.449 e. The Morgan fingerprint density at radius 3 is 2.50 bits per heavy atom. The van der Waals surface area contributed by atoms with E-state index in [-0.39, 0.29) is 11.3 Å². The third-order valence-electron chi connectivity index (χ3n) is 3.24. The van der Waals surface area contributed by atoms with Crippen molar-refractivity contribution in [2.75, 3.05) is 5.32 Å². The monoisotopic (exact) mass is 397 g/mol. The summed E-state index contributed by atoms with van der Waals surface area (Å²) in [6.07, 6.45) is -1.18. The highest BCUT2D eigenvalue weighted by Crippen LogP contribution is 2.18. The minimum absolute atomic E-state index is 0.236. The van der Waals surface area contributed by atoms with Crippen molar-refractivity contribution < 1.29 is 23.1 Å². The van der Waals surface area contributed by atoms with Gasteiger partial charge in [0.15, 0.2) is 6.10 Å². The van der Waals surface area contributed by atoms with Crippen LogP contribution in [0.2, 0.25) is 0 Å². The smallest absolute Gasteiger partial charge is 0.341 e. The summed E-state index contributed by atoms with van der Waals surface area (Å²) in [6, 6.07) is 8.01. The molecule has 0 aliphatic heterocycles. The highest BCUT2D eigenvalue weighted by molar-refractivity contribution is 9.10. The van der Waals surface area contributed by atoms with Gasteiger partial charge >= 0.3 is 5.97 Å². The van der Waals surface area contributed by atoms with Gasteiger partial charge in [0, 0.05) is 10.2 Å². The molecule has 0 unspecified atom stereocenters. The zero-order valence-electron chi connectivity index (χ0n) is 12.9. The Bertz CT molecular complexity index is 795. The summed E-state index contributed by atoms with van der Waals surface area (Å²) in [5.41, 5.74) is 0.391. The molecule has 0 heterocycles. The van der Waals surface area contributed by atoms with E-state index in [1.807, 2.05) is 0 Å². The average Bonchev–Trinajstić information content (AvgIpc) is 2.53. The molecule has 0 fully saturated rings. The number of benzene rings is 2. The number of hydrogen-bond donors (Lipinski definition) is 1. The Morgan fingerprint density at radius 1 is 1.12 bits per heavy atom. The molecular formula is C17H14BrF2NO3. The molecule has 0 aromatic heterocycles. The van der Waals surface area contributed by atoms with E-state index < -0.39 is 29.6 Å². The number of aryl methyl sites for hydroxylation is 1. The number of carbonyl (C=O) groups excluding carboxylic acids is 2. The lowest BCUT2D eigenvalue weighted by molar-refractivity contribution is -0.123. The Kier molecular flexibility index (Phi) is 5.66. The van der Waals surface area contributed by atoms with Crippen molar-refractivity contribution >= 4 is 33.5 Å². The van der Waals surface area contributed by atoms with E-state index in [0.717, 1.165) is 12.1 Å². The second kappa shape index (κ2) is 7.53. The molecule has 0 aliphatic rings. The van der Waals surface area contributed by atoms with Crippen molar-refractivity contribution in [3.8, 4) is 0 Å². The van der Waals surface area contributed by atoms with Crippen LogP contribution in [0.25, 0.3) is 0 Å². The lowest BCUT2D eigenvalue weighted by Crippen LogP contribution is -2.30. The summed E-state index contributed by atoms with van der Waals surface area (Å²) in [7, 11) is 0. The third-order valence-corrected chi connectivity index (χ3v) is 3.73. The normalized spacial score (nSPS) is 11.7. The maximum absolute atomic E-state index is 13.6. The Balaban J connectivity index is 2.04. The van der Waals surface area contributed by atoms with Crippen LogP contribution < -0.4 is 5.32 Å². The van der Waals surface area contributed by atoms with Crippen LogP contribution in [0.5, 0.6) is 0 Å². The number of nitrogens with one attached hydrogen (secondary N) is 1.